The van der Waals surface area contributed by atoms with Crippen LogP contribution in [-0.2, 0) is 14.8 Å². The zero-order valence-corrected chi connectivity index (χ0v) is 15.4. The zero-order chi connectivity index (χ0) is 18.7. The summed E-state index contributed by atoms with van der Waals surface area (Å²) in [7, 11) is -3.84. The Morgan fingerprint density at radius 3 is 2.50 bits per heavy atom. The van der Waals surface area contributed by atoms with E-state index in [0.29, 0.717) is 16.2 Å². The molecule has 0 spiro atoms. The van der Waals surface area contributed by atoms with Gasteiger partial charge in [-0.25, -0.2) is 8.42 Å². The number of hydrogen-bond acceptors (Lipinski definition) is 4. The predicted molar refractivity (Wildman–Crippen MR) is 102 cm³/mol. The van der Waals surface area contributed by atoms with Gasteiger partial charge in [0.15, 0.2) is 0 Å². The average molecular weight is 390 g/mol. The highest BCUT2D eigenvalue weighted by molar-refractivity contribution is 7.89. The van der Waals surface area contributed by atoms with E-state index in [1.165, 1.54) is 31.2 Å². The fourth-order valence-electron chi connectivity index (χ4n) is 2.41. The van der Waals surface area contributed by atoms with Crippen LogP contribution in [0.15, 0.2) is 65.7 Å². The summed E-state index contributed by atoms with van der Waals surface area (Å²) in [6, 6.07) is 13.8. The molecule has 134 valence electrons. The number of aromatic nitrogens is 1. The van der Waals surface area contributed by atoms with Crippen LogP contribution in [-0.4, -0.2) is 25.4 Å². The maximum absolute atomic E-state index is 12.4. The topological polar surface area (TPSA) is 88.2 Å². The second kappa shape index (κ2) is 7.41. The molecule has 26 heavy (non-hydrogen) atoms. The van der Waals surface area contributed by atoms with Crippen molar-refractivity contribution in [3.05, 3.63) is 65.8 Å². The van der Waals surface area contributed by atoms with Crippen LogP contribution in [0.1, 0.15) is 6.92 Å². The number of carbonyl (C=O) groups is 1. The van der Waals surface area contributed by atoms with Gasteiger partial charge in [0.25, 0.3) is 0 Å². The van der Waals surface area contributed by atoms with Crippen LogP contribution in [0.4, 0.5) is 5.69 Å². The van der Waals surface area contributed by atoms with Gasteiger partial charge < -0.3 is 5.32 Å². The van der Waals surface area contributed by atoms with Gasteiger partial charge in [-0.15, -0.1) is 0 Å². The third-order valence-electron chi connectivity index (χ3n) is 3.74. The lowest BCUT2D eigenvalue weighted by Gasteiger charge is -2.15. The Labute approximate surface area is 156 Å². The van der Waals surface area contributed by atoms with Crippen molar-refractivity contribution in [1.29, 1.82) is 0 Å². The number of hydrogen-bond donors (Lipinski definition) is 2. The second-order valence-corrected chi connectivity index (χ2v) is 7.82. The minimum atomic E-state index is -3.84. The van der Waals surface area contributed by atoms with Crippen molar-refractivity contribution in [2.75, 3.05) is 5.32 Å². The molecule has 8 heteroatoms. The number of fused-ring (bicyclic) bond motifs is 1. The molecular formula is C18H16ClN3O3S. The van der Waals surface area contributed by atoms with Gasteiger partial charge in [0, 0.05) is 16.6 Å². The summed E-state index contributed by atoms with van der Waals surface area (Å²) in [6.07, 6.45) is 1.63. The Morgan fingerprint density at radius 1 is 1.08 bits per heavy atom. The van der Waals surface area contributed by atoms with Crippen molar-refractivity contribution in [3.63, 3.8) is 0 Å². The molecule has 6 nitrogen and oxygen atoms in total. The van der Waals surface area contributed by atoms with E-state index < -0.39 is 22.0 Å². The van der Waals surface area contributed by atoms with Crippen LogP contribution in [0.2, 0.25) is 5.02 Å². The lowest BCUT2D eigenvalue weighted by molar-refractivity contribution is -0.117. The van der Waals surface area contributed by atoms with Gasteiger partial charge in [0.1, 0.15) is 0 Å². The molecule has 3 aromatic rings. The number of halogens is 1. The number of amides is 1. The SMILES string of the molecule is CC(NS(=O)(=O)c1ccc(Cl)cc1)C(=O)Nc1cccc2cccnc12. The number of sulfonamides is 1. The number of anilines is 1. The third-order valence-corrected chi connectivity index (χ3v) is 5.55. The zero-order valence-electron chi connectivity index (χ0n) is 13.8. The van der Waals surface area contributed by atoms with Crippen molar-refractivity contribution >= 4 is 44.1 Å². The molecule has 1 aromatic heterocycles. The fourth-order valence-corrected chi connectivity index (χ4v) is 3.74. The van der Waals surface area contributed by atoms with Crippen LogP contribution < -0.4 is 10.0 Å². The average Bonchev–Trinajstić information content (AvgIpc) is 2.62. The molecule has 1 heterocycles. The van der Waals surface area contributed by atoms with E-state index in [9.17, 15) is 13.2 Å². The van der Waals surface area contributed by atoms with E-state index >= 15 is 0 Å². The molecule has 1 atom stereocenters. The summed E-state index contributed by atoms with van der Waals surface area (Å²) in [6.45, 7) is 1.47. The molecule has 3 rings (SSSR count). The molecule has 0 saturated heterocycles. The number of pyridine rings is 1. The van der Waals surface area contributed by atoms with Crippen LogP contribution in [0, 0.1) is 0 Å². The summed E-state index contributed by atoms with van der Waals surface area (Å²) in [5.41, 5.74) is 1.15. The monoisotopic (exact) mass is 389 g/mol. The molecule has 1 amide bonds. The van der Waals surface area contributed by atoms with E-state index in [0.717, 1.165) is 5.39 Å². The van der Waals surface area contributed by atoms with Crippen molar-refractivity contribution in [2.24, 2.45) is 0 Å². The molecule has 2 aromatic carbocycles. The first-order valence-corrected chi connectivity index (χ1v) is 9.65. The maximum atomic E-state index is 12.4. The van der Waals surface area contributed by atoms with Crippen molar-refractivity contribution in [2.45, 2.75) is 17.9 Å². The highest BCUT2D eigenvalue weighted by Gasteiger charge is 2.22. The number of rotatable bonds is 5. The Balaban J connectivity index is 1.76. The first-order valence-electron chi connectivity index (χ1n) is 7.79. The minimum absolute atomic E-state index is 0.0355. The number of carbonyl (C=O) groups excluding carboxylic acids is 1. The van der Waals surface area contributed by atoms with Gasteiger partial charge in [-0.1, -0.05) is 29.8 Å². The fraction of sp³-hybridized carbons (Fsp3) is 0.111. The van der Waals surface area contributed by atoms with E-state index in [1.807, 2.05) is 12.1 Å². The van der Waals surface area contributed by atoms with Gasteiger partial charge in [0.05, 0.1) is 22.1 Å². The van der Waals surface area contributed by atoms with Crippen LogP contribution in [0.3, 0.4) is 0 Å². The largest absolute Gasteiger partial charge is 0.323 e. The molecular weight excluding hydrogens is 374 g/mol. The molecule has 1 unspecified atom stereocenters. The lowest BCUT2D eigenvalue weighted by atomic mass is 10.2. The molecule has 0 radical (unpaired) electrons. The molecule has 0 aliphatic rings. The Bertz CT molecular complexity index is 1050. The quantitative estimate of drug-likeness (QED) is 0.701. The molecule has 0 aliphatic carbocycles. The molecule has 0 aliphatic heterocycles. The van der Waals surface area contributed by atoms with Gasteiger partial charge >= 0.3 is 0 Å². The van der Waals surface area contributed by atoms with E-state index in [-0.39, 0.29) is 4.90 Å². The third kappa shape index (κ3) is 4.01. The van der Waals surface area contributed by atoms with E-state index in [2.05, 4.69) is 15.0 Å². The summed E-state index contributed by atoms with van der Waals surface area (Å²) in [5.74, 6) is -0.485. The Hall–Kier alpha value is -2.48. The molecule has 0 saturated carbocycles. The van der Waals surface area contributed by atoms with Crippen LogP contribution in [0.25, 0.3) is 10.9 Å². The second-order valence-electron chi connectivity index (χ2n) is 5.67. The van der Waals surface area contributed by atoms with Gasteiger partial charge in [-0.3, -0.25) is 9.78 Å². The van der Waals surface area contributed by atoms with Gasteiger partial charge in [0.2, 0.25) is 15.9 Å². The first kappa shape index (κ1) is 18.3. The summed E-state index contributed by atoms with van der Waals surface area (Å²) < 4.78 is 27.1. The molecule has 2 N–H and O–H groups in total. The standard InChI is InChI=1S/C18H16ClN3O3S/c1-12(22-26(24,25)15-9-7-14(19)8-10-15)18(23)21-16-6-2-4-13-5-3-11-20-17(13)16/h2-12,22H,1H3,(H,21,23). The normalized spacial score (nSPS) is 12.7. The predicted octanol–water partition coefficient (Wildman–Crippen LogP) is 3.19. The number of nitrogens with zero attached hydrogens (tertiary/aromatic N) is 1. The number of benzene rings is 2. The van der Waals surface area contributed by atoms with Crippen molar-refractivity contribution in [1.82, 2.24) is 9.71 Å². The smallest absolute Gasteiger partial charge is 0.242 e. The van der Waals surface area contributed by atoms with E-state index in [1.54, 1.807) is 24.4 Å². The Morgan fingerprint density at radius 2 is 1.77 bits per heavy atom. The van der Waals surface area contributed by atoms with Crippen molar-refractivity contribution in [3.8, 4) is 0 Å². The van der Waals surface area contributed by atoms with Crippen LogP contribution in [0.5, 0.6) is 0 Å². The first-order chi connectivity index (χ1) is 12.4. The van der Waals surface area contributed by atoms with Crippen LogP contribution >= 0.6 is 11.6 Å². The summed E-state index contributed by atoms with van der Waals surface area (Å²) in [5, 5.41) is 4.02. The van der Waals surface area contributed by atoms with E-state index in [4.69, 9.17) is 11.6 Å². The molecule has 0 fully saturated rings. The van der Waals surface area contributed by atoms with Gasteiger partial charge in [-0.2, -0.15) is 4.72 Å². The summed E-state index contributed by atoms with van der Waals surface area (Å²) >= 11 is 5.77. The number of para-hydroxylation sites is 1. The van der Waals surface area contributed by atoms with Crippen molar-refractivity contribution < 1.29 is 13.2 Å². The molecule has 0 bridgehead atoms. The van der Waals surface area contributed by atoms with Gasteiger partial charge in [-0.05, 0) is 43.3 Å². The maximum Gasteiger partial charge on any atom is 0.242 e. The summed E-state index contributed by atoms with van der Waals surface area (Å²) in [4.78, 5) is 16.7. The highest BCUT2D eigenvalue weighted by Crippen LogP contribution is 2.21. The Kier molecular flexibility index (Phi) is 5.22. The number of nitrogens with one attached hydrogen (secondary N) is 2. The lowest BCUT2D eigenvalue weighted by Crippen LogP contribution is -2.41. The minimum Gasteiger partial charge on any atom is -0.323 e. The highest BCUT2D eigenvalue weighted by atomic mass is 35.5.